The Hall–Kier alpha value is -3.28. The average molecular weight is 417 g/mol. The molecule has 0 spiro atoms. The van der Waals surface area contributed by atoms with Crippen molar-refractivity contribution < 1.29 is 9.13 Å². The Labute approximate surface area is 180 Å². The zero-order valence-electron chi connectivity index (χ0n) is 17.8. The van der Waals surface area contributed by atoms with Gasteiger partial charge in [0.1, 0.15) is 17.7 Å². The first kappa shape index (κ1) is 19.7. The lowest BCUT2D eigenvalue weighted by Crippen LogP contribution is -2.20. The minimum Gasteiger partial charge on any atom is -0.473 e. The molecule has 0 amide bonds. The van der Waals surface area contributed by atoms with Gasteiger partial charge in [-0.15, -0.1) is 0 Å². The molecule has 2 heterocycles. The van der Waals surface area contributed by atoms with Crippen LogP contribution in [0.15, 0.2) is 42.7 Å². The highest BCUT2D eigenvalue weighted by atomic mass is 19.1. The van der Waals surface area contributed by atoms with Crippen LogP contribution >= 0.6 is 0 Å². The first-order valence-corrected chi connectivity index (χ1v) is 10.8. The van der Waals surface area contributed by atoms with Gasteiger partial charge in [-0.05, 0) is 74.9 Å². The molecule has 0 radical (unpaired) electrons. The van der Waals surface area contributed by atoms with Crippen LogP contribution in [0.4, 0.5) is 4.39 Å². The summed E-state index contributed by atoms with van der Waals surface area (Å²) in [7, 11) is 0. The second kappa shape index (κ2) is 8.10. The van der Waals surface area contributed by atoms with Gasteiger partial charge in [0.15, 0.2) is 0 Å². The molecule has 0 saturated heterocycles. The second-order valence-electron chi connectivity index (χ2n) is 8.35. The van der Waals surface area contributed by atoms with Gasteiger partial charge in [0.05, 0.1) is 34.7 Å². The van der Waals surface area contributed by atoms with Crippen molar-refractivity contribution in [3.63, 3.8) is 0 Å². The van der Waals surface area contributed by atoms with E-state index in [1.54, 1.807) is 18.5 Å². The van der Waals surface area contributed by atoms with Crippen molar-refractivity contribution in [3.8, 4) is 28.5 Å². The number of halogens is 1. The molecule has 0 unspecified atom stereocenters. The Balaban J connectivity index is 1.38. The highest BCUT2D eigenvalue weighted by Gasteiger charge is 2.16. The first-order chi connectivity index (χ1) is 15.1. The number of nitrogens with zero attached hydrogens (tertiary/aromatic N) is 3. The summed E-state index contributed by atoms with van der Waals surface area (Å²) in [5.74, 6) is 0.696. The molecule has 158 valence electrons. The van der Waals surface area contributed by atoms with Gasteiger partial charge in [0.25, 0.3) is 0 Å². The molecular formula is C25H25FN4O. The Morgan fingerprint density at radius 2 is 1.77 bits per heavy atom. The lowest BCUT2D eigenvalue weighted by molar-refractivity contribution is 0.148. The highest BCUT2D eigenvalue weighted by Crippen LogP contribution is 2.28. The quantitative estimate of drug-likeness (QED) is 0.433. The summed E-state index contributed by atoms with van der Waals surface area (Å²) in [5.41, 5.74) is 5.78. The van der Waals surface area contributed by atoms with E-state index in [9.17, 15) is 4.39 Å². The van der Waals surface area contributed by atoms with E-state index in [1.807, 2.05) is 25.1 Å². The van der Waals surface area contributed by atoms with Crippen molar-refractivity contribution in [2.45, 2.75) is 52.1 Å². The molecule has 0 aliphatic heterocycles. The van der Waals surface area contributed by atoms with Gasteiger partial charge in [-0.2, -0.15) is 0 Å². The van der Waals surface area contributed by atoms with Crippen molar-refractivity contribution >= 4 is 11.0 Å². The summed E-state index contributed by atoms with van der Waals surface area (Å²) in [5, 5.41) is 0. The largest absolute Gasteiger partial charge is 0.473 e. The molecule has 5 rings (SSSR count). The predicted molar refractivity (Wildman–Crippen MR) is 119 cm³/mol. The predicted octanol–water partition coefficient (Wildman–Crippen LogP) is 6.15. The van der Waals surface area contributed by atoms with Gasteiger partial charge in [-0.1, -0.05) is 12.5 Å². The van der Waals surface area contributed by atoms with Crippen molar-refractivity contribution in [1.82, 2.24) is 19.9 Å². The Bertz CT molecular complexity index is 1190. The molecule has 6 heteroatoms. The normalized spacial score (nSPS) is 14.8. The molecule has 0 atom stereocenters. The molecule has 1 N–H and O–H groups in total. The van der Waals surface area contributed by atoms with Crippen LogP contribution in [0, 0.1) is 19.7 Å². The van der Waals surface area contributed by atoms with Crippen LogP contribution in [0.5, 0.6) is 5.88 Å². The maximum atomic E-state index is 15.0. The van der Waals surface area contributed by atoms with Gasteiger partial charge >= 0.3 is 0 Å². The molecule has 1 fully saturated rings. The minimum absolute atomic E-state index is 0.224. The summed E-state index contributed by atoms with van der Waals surface area (Å²) >= 11 is 0. The average Bonchev–Trinajstić information content (AvgIpc) is 3.17. The monoisotopic (exact) mass is 416 g/mol. The number of rotatable bonds is 4. The number of hydrogen-bond acceptors (Lipinski definition) is 4. The van der Waals surface area contributed by atoms with Crippen molar-refractivity contribution in [2.24, 2.45) is 0 Å². The third kappa shape index (κ3) is 4.02. The molecule has 4 aromatic rings. The van der Waals surface area contributed by atoms with Crippen LogP contribution in [0.25, 0.3) is 33.7 Å². The SMILES string of the molecule is Cc1cc2nc(-c3ccc(-c4cnc(OC5CCCCC5)cn4)cc3F)[nH]c2cc1C. The topological polar surface area (TPSA) is 63.7 Å². The number of ether oxygens (including phenoxy) is 1. The van der Waals surface area contributed by atoms with Crippen LogP contribution in [0.1, 0.15) is 43.2 Å². The molecule has 2 aromatic heterocycles. The van der Waals surface area contributed by atoms with Crippen LogP contribution in [0.3, 0.4) is 0 Å². The number of H-pyrrole nitrogens is 1. The zero-order valence-corrected chi connectivity index (χ0v) is 17.8. The van der Waals surface area contributed by atoms with Crippen LogP contribution in [-0.2, 0) is 0 Å². The Morgan fingerprint density at radius 3 is 2.52 bits per heavy atom. The number of aromatic nitrogens is 4. The van der Waals surface area contributed by atoms with Crippen molar-refractivity contribution in [3.05, 3.63) is 59.7 Å². The van der Waals surface area contributed by atoms with E-state index in [1.165, 1.54) is 30.9 Å². The van der Waals surface area contributed by atoms with Gasteiger partial charge in [-0.3, -0.25) is 0 Å². The maximum absolute atomic E-state index is 15.0. The number of aryl methyl sites for hydroxylation is 2. The summed E-state index contributed by atoms with van der Waals surface area (Å²) in [6.45, 7) is 4.10. The number of hydrogen-bond donors (Lipinski definition) is 1. The van der Waals surface area contributed by atoms with E-state index in [-0.39, 0.29) is 11.9 Å². The van der Waals surface area contributed by atoms with Crippen molar-refractivity contribution in [2.75, 3.05) is 0 Å². The molecule has 1 saturated carbocycles. The smallest absolute Gasteiger partial charge is 0.232 e. The third-order valence-corrected chi connectivity index (χ3v) is 6.09. The summed E-state index contributed by atoms with van der Waals surface area (Å²) in [6.07, 6.45) is 9.30. The molecule has 2 aromatic carbocycles. The molecule has 0 bridgehead atoms. The van der Waals surface area contributed by atoms with E-state index in [4.69, 9.17) is 4.74 Å². The zero-order chi connectivity index (χ0) is 21.4. The highest BCUT2D eigenvalue weighted by molar-refractivity contribution is 5.81. The van der Waals surface area contributed by atoms with Crippen LogP contribution in [0.2, 0.25) is 0 Å². The molecule has 1 aliphatic carbocycles. The third-order valence-electron chi connectivity index (χ3n) is 6.09. The van der Waals surface area contributed by atoms with E-state index < -0.39 is 0 Å². The van der Waals surface area contributed by atoms with Crippen molar-refractivity contribution in [1.29, 1.82) is 0 Å². The lowest BCUT2D eigenvalue weighted by Gasteiger charge is -2.22. The molecule has 5 nitrogen and oxygen atoms in total. The van der Waals surface area contributed by atoms with Crippen LogP contribution < -0.4 is 4.74 Å². The van der Waals surface area contributed by atoms with Gasteiger partial charge < -0.3 is 9.72 Å². The van der Waals surface area contributed by atoms with E-state index in [0.29, 0.717) is 28.5 Å². The fourth-order valence-corrected chi connectivity index (χ4v) is 4.14. The maximum Gasteiger partial charge on any atom is 0.232 e. The van der Waals surface area contributed by atoms with Gasteiger partial charge in [-0.25, -0.2) is 19.3 Å². The lowest BCUT2D eigenvalue weighted by atomic mass is 9.98. The summed E-state index contributed by atoms with van der Waals surface area (Å²) in [4.78, 5) is 16.6. The minimum atomic E-state index is -0.352. The number of benzene rings is 2. The van der Waals surface area contributed by atoms with Gasteiger partial charge in [0, 0.05) is 5.56 Å². The number of aromatic amines is 1. The standard InChI is InChI=1S/C25H25FN4O/c1-15-10-21-22(11-16(15)2)30-25(29-21)19-9-8-17(12-20(19)26)23-13-28-24(14-27-23)31-18-6-4-3-5-7-18/h8-14,18H,3-7H2,1-2H3,(H,29,30). The van der Waals surface area contributed by atoms with E-state index in [0.717, 1.165) is 29.4 Å². The fourth-order valence-electron chi connectivity index (χ4n) is 4.14. The van der Waals surface area contributed by atoms with E-state index in [2.05, 4.69) is 26.9 Å². The number of imidazole rings is 1. The Morgan fingerprint density at radius 1 is 0.968 bits per heavy atom. The van der Waals surface area contributed by atoms with E-state index >= 15 is 0 Å². The second-order valence-corrected chi connectivity index (χ2v) is 8.35. The molecule has 31 heavy (non-hydrogen) atoms. The molecular weight excluding hydrogens is 391 g/mol. The van der Waals surface area contributed by atoms with Crippen LogP contribution in [-0.4, -0.2) is 26.0 Å². The summed E-state index contributed by atoms with van der Waals surface area (Å²) in [6, 6.07) is 9.11. The molecule has 1 aliphatic rings. The number of nitrogens with one attached hydrogen (secondary N) is 1. The fraction of sp³-hybridized carbons (Fsp3) is 0.320. The summed E-state index contributed by atoms with van der Waals surface area (Å²) < 4.78 is 20.9. The van der Waals surface area contributed by atoms with Gasteiger partial charge in [0.2, 0.25) is 5.88 Å². The first-order valence-electron chi connectivity index (χ1n) is 10.8. The Kier molecular flexibility index (Phi) is 5.14. The number of fused-ring (bicyclic) bond motifs is 1.